The second kappa shape index (κ2) is 4.72. The fourth-order valence-corrected chi connectivity index (χ4v) is 2.29. The second-order valence-electron chi connectivity index (χ2n) is 4.69. The molecule has 0 aliphatic carbocycles. The second-order valence-corrected chi connectivity index (χ2v) is 4.69. The molecule has 1 atom stereocenters. The van der Waals surface area contributed by atoms with Gasteiger partial charge >= 0.3 is 0 Å². The Labute approximate surface area is 102 Å². The van der Waals surface area contributed by atoms with Crippen LogP contribution in [0.1, 0.15) is 28.4 Å². The predicted octanol–water partition coefficient (Wildman–Crippen LogP) is 2.28. The van der Waals surface area contributed by atoms with E-state index in [-0.39, 0.29) is 6.04 Å². The molecule has 0 bridgehead atoms. The molecule has 3 nitrogen and oxygen atoms in total. The summed E-state index contributed by atoms with van der Waals surface area (Å²) in [6.07, 6.45) is 2.64. The Hall–Kier alpha value is -1.61. The molecule has 1 aromatic carbocycles. The summed E-state index contributed by atoms with van der Waals surface area (Å²) < 4.78 is 1.84. The molecule has 1 aromatic heterocycles. The molecule has 1 heterocycles. The monoisotopic (exact) mass is 229 g/mol. The first kappa shape index (κ1) is 11.9. The van der Waals surface area contributed by atoms with E-state index in [9.17, 15) is 0 Å². The molecular weight excluding hydrogens is 210 g/mol. The van der Waals surface area contributed by atoms with Gasteiger partial charge in [-0.05, 0) is 31.9 Å². The normalized spacial score (nSPS) is 12.7. The van der Waals surface area contributed by atoms with Crippen molar-refractivity contribution in [3.05, 3.63) is 52.8 Å². The Morgan fingerprint density at radius 1 is 1.24 bits per heavy atom. The highest BCUT2D eigenvalue weighted by molar-refractivity contribution is 5.29. The Morgan fingerprint density at radius 2 is 1.88 bits per heavy atom. The van der Waals surface area contributed by atoms with E-state index in [2.05, 4.69) is 37.1 Å². The third-order valence-corrected chi connectivity index (χ3v) is 2.98. The molecule has 2 rings (SSSR count). The lowest BCUT2D eigenvalue weighted by Crippen LogP contribution is -2.17. The molecule has 3 heteroatoms. The lowest BCUT2D eigenvalue weighted by Gasteiger charge is -2.13. The SMILES string of the molecule is Cc1cc(C)cc(CC(N)c2ccnn2C)c1. The molecule has 17 heavy (non-hydrogen) atoms. The van der Waals surface area contributed by atoms with Crippen molar-refractivity contribution >= 4 is 0 Å². The van der Waals surface area contributed by atoms with Gasteiger partial charge in [0.05, 0.1) is 11.7 Å². The Morgan fingerprint density at radius 3 is 2.41 bits per heavy atom. The maximum Gasteiger partial charge on any atom is 0.0551 e. The van der Waals surface area contributed by atoms with Crippen molar-refractivity contribution in [1.29, 1.82) is 0 Å². The number of benzene rings is 1. The summed E-state index contributed by atoms with van der Waals surface area (Å²) in [6, 6.07) is 8.56. The van der Waals surface area contributed by atoms with Crippen LogP contribution in [-0.2, 0) is 13.5 Å². The van der Waals surface area contributed by atoms with Crippen LogP contribution >= 0.6 is 0 Å². The number of nitrogens with two attached hydrogens (primary N) is 1. The van der Waals surface area contributed by atoms with Crippen molar-refractivity contribution in [3.63, 3.8) is 0 Å². The number of nitrogens with zero attached hydrogens (tertiary/aromatic N) is 2. The van der Waals surface area contributed by atoms with Gasteiger partial charge in [0.1, 0.15) is 0 Å². The van der Waals surface area contributed by atoms with Crippen LogP contribution in [0.2, 0.25) is 0 Å². The molecule has 0 aliphatic rings. The third-order valence-electron chi connectivity index (χ3n) is 2.98. The van der Waals surface area contributed by atoms with Gasteiger partial charge in [0, 0.05) is 13.2 Å². The van der Waals surface area contributed by atoms with Gasteiger partial charge in [-0.1, -0.05) is 29.3 Å². The molecule has 1 unspecified atom stereocenters. The van der Waals surface area contributed by atoms with E-state index in [0.29, 0.717) is 0 Å². The van der Waals surface area contributed by atoms with Gasteiger partial charge in [-0.2, -0.15) is 5.10 Å². The molecular formula is C14H19N3. The maximum absolute atomic E-state index is 6.21. The van der Waals surface area contributed by atoms with Gasteiger partial charge in [0.25, 0.3) is 0 Å². The van der Waals surface area contributed by atoms with Crippen LogP contribution in [0.25, 0.3) is 0 Å². The molecule has 0 spiro atoms. The van der Waals surface area contributed by atoms with Gasteiger partial charge in [0.15, 0.2) is 0 Å². The van der Waals surface area contributed by atoms with Gasteiger partial charge < -0.3 is 5.73 Å². The number of hydrogen-bond donors (Lipinski definition) is 1. The van der Waals surface area contributed by atoms with Crippen LogP contribution < -0.4 is 5.73 Å². The molecule has 2 N–H and O–H groups in total. The molecule has 0 aliphatic heterocycles. The number of rotatable bonds is 3. The van der Waals surface area contributed by atoms with E-state index < -0.39 is 0 Å². The average Bonchev–Trinajstić information content (AvgIpc) is 2.62. The van der Waals surface area contributed by atoms with Gasteiger partial charge in [-0.15, -0.1) is 0 Å². The first-order valence-electron chi connectivity index (χ1n) is 5.87. The van der Waals surface area contributed by atoms with Crippen molar-refractivity contribution in [2.75, 3.05) is 0 Å². The van der Waals surface area contributed by atoms with Crippen molar-refractivity contribution in [1.82, 2.24) is 9.78 Å². The van der Waals surface area contributed by atoms with Crippen LogP contribution in [0.5, 0.6) is 0 Å². The molecule has 0 fully saturated rings. The minimum absolute atomic E-state index is 0.00343. The van der Waals surface area contributed by atoms with Crippen LogP contribution in [-0.4, -0.2) is 9.78 Å². The van der Waals surface area contributed by atoms with E-state index in [1.807, 2.05) is 17.8 Å². The summed E-state index contributed by atoms with van der Waals surface area (Å²) in [5.74, 6) is 0. The van der Waals surface area contributed by atoms with Crippen molar-refractivity contribution in [2.45, 2.75) is 26.3 Å². The van der Waals surface area contributed by atoms with Crippen molar-refractivity contribution in [3.8, 4) is 0 Å². The van der Waals surface area contributed by atoms with Gasteiger partial charge in [-0.3, -0.25) is 4.68 Å². The smallest absolute Gasteiger partial charge is 0.0551 e. The van der Waals surface area contributed by atoms with Crippen molar-refractivity contribution < 1.29 is 0 Å². The van der Waals surface area contributed by atoms with Crippen LogP contribution in [0.15, 0.2) is 30.5 Å². The Kier molecular flexibility index (Phi) is 3.29. The topological polar surface area (TPSA) is 43.8 Å². The lowest BCUT2D eigenvalue weighted by atomic mass is 10.00. The first-order valence-corrected chi connectivity index (χ1v) is 5.87. The van der Waals surface area contributed by atoms with E-state index in [1.54, 1.807) is 6.20 Å². The van der Waals surface area contributed by atoms with Gasteiger partial charge in [0.2, 0.25) is 0 Å². The molecule has 0 saturated carbocycles. The zero-order valence-corrected chi connectivity index (χ0v) is 10.6. The predicted molar refractivity (Wildman–Crippen MR) is 69.8 cm³/mol. The largest absolute Gasteiger partial charge is 0.322 e. The number of hydrogen-bond acceptors (Lipinski definition) is 2. The fourth-order valence-electron chi connectivity index (χ4n) is 2.29. The lowest BCUT2D eigenvalue weighted by molar-refractivity contribution is 0.617. The number of aryl methyl sites for hydroxylation is 3. The summed E-state index contributed by atoms with van der Waals surface area (Å²) in [5, 5.41) is 4.15. The summed E-state index contributed by atoms with van der Waals surface area (Å²) >= 11 is 0. The summed E-state index contributed by atoms with van der Waals surface area (Å²) in [6.45, 7) is 4.23. The summed E-state index contributed by atoms with van der Waals surface area (Å²) in [7, 11) is 1.93. The highest BCUT2D eigenvalue weighted by Crippen LogP contribution is 2.17. The minimum Gasteiger partial charge on any atom is -0.322 e. The fraction of sp³-hybridized carbons (Fsp3) is 0.357. The average molecular weight is 229 g/mol. The maximum atomic E-state index is 6.21. The van der Waals surface area contributed by atoms with Crippen LogP contribution in [0.4, 0.5) is 0 Å². The summed E-state index contributed by atoms with van der Waals surface area (Å²) in [4.78, 5) is 0. The summed E-state index contributed by atoms with van der Waals surface area (Å²) in [5.41, 5.74) is 11.2. The molecule has 0 radical (unpaired) electrons. The third kappa shape index (κ3) is 2.74. The Balaban J connectivity index is 2.18. The Bertz CT molecular complexity index is 494. The zero-order valence-electron chi connectivity index (χ0n) is 10.6. The quantitative estimate of drug-likeness (QED) is 0.877. The van der Waals surface area contributed by atoms with E-state index in [0.717, 1.165) is 12.1 Å². The van der Waals surface area contributed by atoms with Crippen LogP contribution in [0, 0.1) is 13.8 Å². The van der Waals surface area contributed by atoms with E-state index in [4.69, 9.17) is 5.73 Å². The van der Waals surface area contributed by atoms with E-state index >= 15 is 0 Å². The highest BCUT2D eigenvalue weighted by atomic mass is 15.3. The standard InChI is InChI=1S/C14H19N3/c1-10-6-11(2)8-12(7-10)9-13(15)14-4-5-16-17(14)3/h4-8,13H,9,15H2,1-3H3. The molecule has 2 aromatic rings. The minimum atomic E-state index is 0.00343. The molecule has 0 saturated heterocycles. The molecule has 90 valence electrons. The first-order chi connectivity index (χ1) is 8.06. The van der Waals surface area contributed by atoms with Gasteiger partial charge in [-0.25, -0.2) is 0 Å². The number of aromatic nitrogens is 2. The molecule has 0 amide bonds. The van der Waals surface area contributed by atoms with Crippen molar-refractivity contribution in [2.24, 2.45) is 12.8 Å². The van der Waals surface area contributed by atoms with E-state index in [1.165, 1.54) is 16.7 Å². The van der Waals surface area contributed by atoms with Crippen LogP contribution in [0.3, 0.4) is 0 Å². The highest BCUT2D eigenvalue weighted by Gasteiger charge is 2.11. The zero-order chi connectivity index (χ0) is 12.4.